The molecule has 0 fully saturated rings. The van der Waals surface area contributed by atoms with Crippen LogP contribution >= 0.6 is 0 Å². The van der Waals surface area contributed by atoms with Crippen LogP contribution in [-0.2, 0) is 11.2 Å². The maximum absolute atomic E-state index is 10.8. The Kier molecular flexibility index (Phi) is 3.14. The number of aromatic nitrogens is 3. The maximum atomic E-state index is 10.8. The number of carboxylic acids is 1. The number of carboxylic acid groups (broad SMARTS) is 1. The number of hydrogen-bond acceptors (Lipinski definition) is 4. The van der Waals surface area contributed by atoms with Gasteiger partial charge in [-0.3, -0.25) is 4.79 Å². The standard InChI is InChI=1S/C14H16N4O2/c1-9-4-2-3-5-10(9)11-6-7-15-14-16-12(8-13(19)20)17-18(11)14/h2-5,11H,6-8H2,1H3,(H,19,20)(H,15,16,17). The van der Waals surface area contributed by atoms with E-state index in [2.05, 4.69) is 34.5 Å². The van der Waals surface area contributed by atoms with Crippen molar-refractivity contribution in [3.63, 3.8) is 0 Å². The van der Waals surface area contributed by atoms with Gasteiger partial charge in [-0.25, -0.2) is 4.68 Å². The summed E-state index contributed by atoms with van der Waals surface area (Å²) in [6, 6.07) is 8.30. The Bertz CT molecular complexity index is 650. The van der Waals surface area contributed by atoms with Gasteiger partial charge in [0, 0.05) is 6.54 Å². The molecule has 0 saturated carbocycles. The molecule has 3 rings (SSSR count). The van der Waals surface area contributed by atoms with Gasteiger partial charge in [0.25, 0.3) is 0 Å². The fourth-order valence-corrected chi connectivity index (χ4v) is 2.61. The predicted molar refractivity (Wildman–Crippen MR) is 73.8 cm³/mol. The minimum absolute atomic E-state index is 0.113. The first kappa shape index (κ1) is 12.7. The van der Waals surface area contributed by atoms with Crippen LogP contribution in [0, 0.1) is 6.92 Å². The van der Waals surface area contributed by atoms with E-state index in [-0.39, 0.29) is 12.5 Å². The monoisotopic (exact) mass is 272 g/mol. The summed E-state index contributed by atoms with van der Waals surface area (Å²) in [4.78, 5) is 15.0. The largest absolute Gasteiger partial charge is 0.481 e. The summed E-state index contributed by atoms with van der Waals surface area (Å²) in [5.41, 5.74) is 2.42. The first-order valence-corrected chi connectivity index (χ1v) is 6.62. The second-order valence-corrected chi connectivity index (χ2v) is 4.95. The average molecular weight is 272 g/mol. The van der Waals surface area contributed by atoms with Gasteiger partial charge in [-0.15, -0.1) is 0 Å². The van der Waals surface area contributed by atoms with Crippen LogP contribution in [0.5, 0.6) is 0 Å². The molecule has 0 spiro atoms. The van der Waals surface area contributed by atoms with Crippen molar-refractivity contribution in [1.82, 2.24) is 14.8 Å². The number of fused-ring (bicyclic) bond motifs is 1. The molecule has 6 heteroatoms. The summed E-state index contributed by atoms with van der Waals surface area (Å²) < 4.78 is 1.81. The fraction of sp³-hybridized carbons (Fsp3) is 0.357. The van der Waals surface area contributed by atoms with Gasteiger partial charge in [-0.1, -0.05) is 24.3 Å². The molecular weight excluding hydrogens is 256 g/mol. The highest BCUT2D eigenvalue weighted by molar-refractivity contribution is 5.69. The molecule has 1 aromatic carbocycles. The number of hydrogen-bond donors (Lipinski definition) is 2. The second kappa shape index (κ2) is 4.96. The zero-order valence-electron chi connectivity index (χ0n) is 11.2. The molecule has 1 aliphatic rings. The molecule has 1 atom stereocenters. The molecule has 0 saturated heterocycles. The van der Waals surface area contributed by atoms with Crippen LogP contribution in [0.1, 0.15) is 29.4 Å². The third kappa shape index (κ3) is 2.24. The highest BCUT2D eigenvalue weighted by Gasteiger charge is 2.25. The Morgan fingerprint density at radius 3 is 3.05 bits per heavy atom. The lowest BCUT2D eigenvalue weighted by Gasteiger charge is -2.25. The smallest absolute Gasteiger partial charge is 0.311 e. The first-order chi connectivity index (χ1) is 9.65. The van der Waals surface area contributed by atoms with Crippen molar-refractivity contribution in [2.75, 3.05) is 11.9 Å². The quantitative estimate of drug-likeness (QED) is 0.887. The molecule has 0 bridgehead atoms. The molecule has 1 unspecified atom stereocenters. The number of nitrogens with zero attached hydrogens (tertiary/aromatic N) is 3. The van der Waals surface area contributed by atoms with Crippen molar-refractivity contribution in [2.45, 2.75) is 25.8 Å². The lowest BCUT2D eigenvalue weighted by Crippen LogP contribution is -2.25. The second-order valence-electron chi connectivity index (χ2n) is 4.95. The third-order valence-corrected chi connectivity index (χ3v) is 3.53. The van der Waals surface area contributed by atoms with E-state index in [9.17, 15) is 4.79 Å². The van der Waals surface area contributed by atoms with Crippen molar-refractivity contribution < 1.29 is 9.90 Å². The van der Waals surface area contributed by atoms with E-state index in [1.165, 1.54) is 11.1 Å². The van der Waals surface area contributed by atoms with Crippen molar-refractivity contribution in [1.29, 1.82) is 0 Å². The first-order valence-electron chi connectivity index (χ1n) is 6.62. The minimum atomic E-state index is -0.916. The van der Waals surface area contributed by atoms with E-state index in [1.807, 2.05) is 16.8 Å². The van der Waals surface area contributed by atoms with Gasteiger partial charge in [0.2, 0.25) is 5.95 Å². The Labute approximate surface area is 116 Å². The molecule has 20 heavy (non-hydrogen) atoms. The van der Waals surface area contributed by atoms with Gasteiger partial charge in [0.1, 0.15) is 6.42 Å². The maximum Gasteiger partial charge on any atom is 0.311 e. The Morgan fingerprint density at radius 1 is 1.50 bits per heavy atom. The van der Waals surface area contributed by atoms with Crippen molar-refractivity contribution in [2.24, 2.45) is 0 Å². The zero-order chi connectivity index (χ0) is 14.1. The average Bonchev–Trinajstić information content (AvgIpc) is 2.80. The zero-order valence-corrected chi connectivity index (χ0v) is 11.2. The highest BCUT2D eigenvalue weighted by atomic mass is 16.4. The van der Waals surface area contributed by atoms with Gasteiger partial charge in [-0.2, -0.15) is 10.1 Å². The van der Waals surface area contributed by atoms with E-state index in [0.717, 1.165) is 13.0 Å². The fourth-order valence-electron chi connectivity index (χ4n) is 2.61. The Balaban J connectivity index is 1.99. The Hall–Kier alpha value is -2.37. The van der Waals surface area contributed by atoms with E-state index in [4.69, 9.17) is 5.11 Å². The normalized spacial score (nSPS) is 17.4. The van der Waals surface area contributed by atoms with Crippen LogP contribution < -0.4 is 5.32 Å². The van der Waals surface area contributed by atoms with Gasteiger partial charge < -0.3 is 10.4 Å². The summed E-state index contributed by atoms with van der Waals surface area (Å²) in [7, 11) is 0. The SMILES string of the molecule is Cc1ccccc1C1CCNc2nc(CC(=O)O)nn21. The molecule has 2 aromatic rings. The van der Waals surface area contributed by atoms with E-state index in [0.29, 0.717) is 11.8 Å². The number of anilines is 1. The molecule has 2 N–H and O–H groups in total. The van der Waals surface area contributed by atoms with E-state index in [1.54, 1.807) is 0 Å². The molecule has 1 aromatic heterocycles. The number of nitrogens with one attached hydrogen (secondary N) is 1. The van der Waals surface area contributed by atoms with Crippen LogP contribution in [-0.4, -0.2) is 32.4 Å². The van der Waals surface area contributed by atoms with Crippen LogP contribution in [0.4, 0.5) is 5.95 Å². The number of aliphatic carboxylic acids is 1. The van der Waals surface area contributed by atoms with Crippen molar-refractivity contribution in [3.05, 3.63) is 41.2 Å². The molecule has 0 amide bonds. The van der Waals surface area contributed by atoms with Crippen LogP contribution in [0.15, 0.2) is 24.3 Å². The lowest BCUT2D eigenvalue weighted by atomic mass is 9.98. The van der Waals surface area contributed by atoms with Crippen LogP contribution in [0.3, 0.4) is 0 Å². The van der Waals surface area contributed by atoms with E-state index < -0.39 is 5.97 Å². The van der Waals surface area contributed by atoms with Crippen LogP contribution in [0.25, 0.3) is 0 Å². The minimum Gasteiger partial charge on any atom is -0.481 e. The number of benzene rings is 1. The summed E-state index contributed by atoms with van der Waals surface area (Å²) >= 11 is 0. The van der Waals surface area contributed by atoms with E-state index >= 15 is 0 Å². The van der Waals surface area contributed by atoms with Gasteiger partial charge in [-0.05, 0) is 24.5 Å². The van der Waals surface area contributed by atoms with Crippen LogP contribution in [0.2, 0.25) is 0 Å². The highest BCUT2D eigenvalue weighted by Crippen LogP contribution is 2.30. The van der Waals surface area contributed by atoms with Crippen molar-refractivity contribution >= 4 is 11.9 Å². The number of rotatable bonds is 3. The van der Waals surface area contributed by atoms with Gasteiger partial charge in [0.15, 0.2) is 5.82 Å². The lowest BCUT2D eigenvalue weighted by molar-refractivity contribution is -0.136. The van der Waals surface area contributed by atoms with Gasteiger partial charge >= 0.3 is 5.97 Å². The predicted octanol–water partition coefficient (Wildman–Crippen LogP) is 1.62. The molecule has 1 aliphatic heterocycles. The third-order valence-electron chi connectivity index (χ3n) is 3.53. The Morgan fingerprint density at radius 2 is 2.30 bits per heavy atom. The molecule has 0 radical (unpaired) electrons. The molecule has 2 heterocycles. The van der Waals surface area contributed by atoms with Crippen molar-refractivity contribution in [3.8, 4) is 0 Å². The molecule has 104 valence electrons. The molecule has 0 aliphatic carbocycles. The molecular formula is C14H16N4O2. The number of aryl methyl sites for hydroxylation is 1. The number of carbonyl (C=O) groups is 1. The summed E-state index contributed by atoms with van der Waals surface area (Å²) in [6.07, 6.45) is 0.760. The van der Waals surface area contributed by atoms with Gasteiger partial charge in [0.05, 0.1) is 6.04 Å². The topological polar surface area (TPSA) is 80.0 Å². The summed E-state index contributed by atoms with van der Waals surface area (Å²) in [5.74, 6) is 0.0848. The summed E-state index contributed by atoms with van der Waals surface area (Å²) in [6.45, 7) is 2.89. The molecule has 6 nitrogen and oxygen atoms in total. The summed E-state index contributed by atoms with van der Waals surface area (Å²) in [5, 5.41) is 16.4.